The number of ether oxygens (including phenoxy) is 2. The fraction of sp³-hybridized carbons (Fsp3) is 0.143. The van der Waals surface area contributed by atoms with Crippen LogP contribution >= 0.6 is 0 Å². The van der Waals surface area contributed by atoms with Gasteiger partial charge in [-0.2, -0.15) is 26.3 Å². The summed E-state index contributed by atoms with van der Waals surface area (Å²) in [6.07, 6.45) is -12.2. The SMILES string of the molecule is Nc1ccc(OC(c2ccccc2)C(Oc2ccc([N+](=O)[O-])c(C(F)(F)F)c2)c2ccccc2)cc1C(F)(F)F. The Morgan fingerprint density at radius 1 is 0.650 bits per heavy atom. The number of nitro benzene ring substituents is 1. The van der Waals surface area contributed by atoms with Gasteiger partial charge >= 0.3 is 12.4 Å². The molecule has 0 spiro atoms. The number of nitrogens with zero attached hydrogens (tertiary/aromatic N) is 1. The third-order valence-electron chi connectivity index (χ3n) is 5.86. The van der Waals surface area contributed by atoms with Crippen molar-refractivity contribution in [3.63, 3.8) is 0 Å². The molecule has 4 rings (SSSR count). The number of benzene rings is 4. The maximum atomic E-state index is 13.6. The smallest absolute Gasteiger partial charge is 0.423 e. The largest absolute Gasteiger partial charge is 0.481 e. The van der Waals surface area contributed by atoms with Crippen molar-refractivity contribution in [2.45, 2.75) is 24.6 Å². The van der Waals surface area contributed by atoms with Gasteiger partial charge in [-0.1, -0.05) is 60.7 Å². The van der Waals surface area contributed by atoms with Crippen molar-refractivity contribution in [2.75, 3.05) is 5.73 Å². The van der Waals surface area contributed by atoms with Crippen LogP contribution in [-0.4, -0.2) is 4.92 Å². The van der Waals surface area contributed by atoms with Crippen LogP contribution in [0.15, 0.2) is 97.1 Å². The van der Waals surface area contributed by atoms with Gasteiger partial charge in [-0.25, -0.2) is 0 Å². The first-order valence-electron chi connectivity index (χ1n) is 11.6. The molecular formula is C28H20F6N2O4. The van der Waals surface area contributed by atoms with Crippen LogP contribution in [0.3, 0.4) is 0 Å². The highest BCUT2D eigenvalue weighted by molar-refractivity contribution is 5.52. The minimum Gasteiger partial charge on any atom is -0.481 e. The van der Waals surface area contributed by atoms with Gasteiger partial charge < -0.3 is 15.2 Å². The van der Waals surface area contributed by atoms with E-state index in [-0.39, 0.29) is 11.5 Å². The average Bonchev–Trinajstić information content (AvgIpc) is 2.91. The lowest BCUT2D eigenvalue weighted by Gasteiger charge is -2.30. The minimum atomic E-state index is -5.06. The Hall–Kier alpha value is -4.74. The van der Waals surface area contributed by atoms with E-state index in [1.54, 1.807) is 60.7 Å². The molecule has 4 aromatic rings. The Kier molecular flexibility index (Phi) is 7.89. The minimum absolute atomic E-state index is 0.223. The van der Waals surface area contributed by atoms with E-state index in [9.17, 15) is 36.5 Å². The first kappa shape index (κ1) is 28.3. The Morgan fingerprint density at radius 2 is 1.07 bits per heavy atom. The fourth-order valence-corrected chi connectivity index (χ4v) is 4.02. The van der Waals surface area contributed by atoms with Gasteiger partial charge in [0.15, 0.2) is 12.2 Å². The lowest BCUT2D eigenvalue weighted by molar-refractivity contribution is -0.388. The summed E-state index contributed by atoms with van der Waals surface area (Å²) in [7, 11) is 0. The molecule has 0 aromatic heterocycles. The summed E-state index contributed by atoms with van der Waals surface area (Å²) < 4.78 is 93.5. The van der Waals surface area contributed by atoms with Crippen LogP contribution < -0.4 is 15.2 Å². The topological polar surface area (TPSA) is 87.6 Å². The van der Waals surface area contributed by atoms with E-state index in [1.807, 2.05) is 0 Å². The number of anilines is 1. The molecule has 2 atom stereocenters. The number of alkyl halides is 6. The zero-order valence-corrected chi connectivity index (χ0v) is 20.3. The molecule has 0 bridgehead atoms. The lowest BCUT2D eigenvalue weighted by Crippen LogP contribution is -2.23. The van der Waals surface area contributed by atoms with Gasteiger partial charge in [0.05, 0.1) is 10.5 Å². The van der Waals surface area contributed by atoms with Crippen LogP contribution in [0.25, 0.3) is 0 Å². The standard InChI is InChI=1S/C28H20F6N2O4/c29-27(30,31)21-15-19(11-13-23(21)35)39-25(17-7-3-1-4-8-17)26(18-9-5-2-6-10-18)40-20-12-14-24(36(37)38)22(16-20)28(32,33)34/h1-16,25-26H,35H2. The Balaban J connectivity index is 1.83. The molecule has 6 nitrogen and oxygen atoms in total. The first-order chi connectivity index (χ1) is 18.8. The monoisotopic (exact) mass is 562 g/mol. The van der Waals surface area contributed by atoms with Crippen LogP contribution in [0.5, 0.6) is 11.5 Å². The number of nitro groups is 1. The first-order valence-corrected chi connectivity index (χ1v) is 11.6. The molecule has 208 valence electrons. The highest BCUT2D eigenvalue weighted by Gasteiger charge is 2.39. The number of rotatable bonds is 8. The average molecular weight is 562 g/mol. The van der Waals surface area contributed by atoms with E-state index in [2.05, 4.69) is 0 Å². The van der Waals surface area contributed by atoms with E-state index in [0.29, 0.717) is 23.3 Å². The Morgan fingerprint density at radius 3 is 1.50 bits per heavy atom. The molecule has 2 N–H and O–H groups in total. The summed E-state index contributed by atoms with van der Waals surface area (Å²) in [5.74, 6) is -0.593. The molecule has 0 fully saturated rings. The summed E-state index contributed by atoms with van der Waals surface area (Å²) in [5, 5.41) is 11.2. The second-order valence-electron chi connectivity index (χ2n) is 8.58. The maximum Gasteiger partial charge on any atom is 0.423 e. The Bertz CT molecular complexity index is 1480. The van der Waals surface area contributed by atoms with Crippen molar-refractivity contribution in [2.24, 2.45) is 0 Å². The number of hydrogen-bond acceptors (Lipinski definition) is 5. The highest BCUT2D eigenvalue weighted by atomic mass is 19.4. The molecule has 4 aromatic carbocycles. The molecule has 0 saturated carbocycles. The molecule has 0 heterocycles. The van der Waals surface area contributed by atoms with E-state index in [0.717, 1.165) is 18.2 Å². The molecule has 0 aliphatic heterocycles. The van der Waals surface area contributed by atoms with E-state index < -0.39 is 52.0 Å². The van der Waals surface area contributed by atoms with E-state index in [1.165, 1.54) is 6.07 Å². The summed E-state index contributed by atoms with van der Waals surface area (Å²) in [5.41, 5.74) is 2.03. The van der Waals surface area contributed by atoms with Gasteiger partial charge in [0.25, 0.3) is 5.69 Å². The quantitative estimate of drug-likeness (QED) is 0.101. The normalized spacial score (nSPS) is 13.3. The number of hydrogen-bond donors (Lipinski definition) is 1. The molecule has 0 saturated heterocycles. The van der Waals surface area contributed by atoms with Crippen molar-refractivity contribution in [1.82, 2.24) is 0 Å². The third-order valence-corrected chi connectivity index (χ3v) is 5.86. The van der Waals surface area contributed by atoms with Crippen molar-refractivity contribution in [3.8, 4) is 11.5 Å². The maximum absolute atomic E-state index is 13.6. The van der Waals surface area contributed by atoms with Gasteiger partial charge in [-0.15, -0.1) is 0 Å². The highest BCUT2D eigenvalue weighted by Crippen LogP contribution is 2.43. The van der Waals surface area contributed by atoms with Crippen molar-refractivity contribution in [1.29, 1.82) is 0 Å². The zero-order chi connectivity index (χ0) is 29.1. The van der Waals surface area contributed by atoms with Crippen LogP contribution in [0, 0.1) is 10.1 Å². The van der Waals surface area contributed by atoms with Crippen LogP contribution in [0.2, 0.25) is 0 Å². The molecule has 40 heavy (non-hydrogen) atoms. The van der Waals surface area contributed by atoms with Gasteiger partial charge in [-0.05, 0) is 41.5 Å². The lowest BCUT2D eigenvalue weighted by atomic mass is 9.97. The van der Waals surface area contributed by atoms with Crippen molar-refractivity contribution >= 4 is 11.4 Å². The molecule has 0 aliphatic rings. The molecule has 12 heteroatoms. The summed E-state index contributed by atoms with van der Waals surface area (Å²) in [4.78, 5) is 10.0. The molecule has 0 aliphatic carbocycles. The van der Waals surface area contributed by atoms with E-state index >= 15 is 0 Å². The zero-order valence-electron chi connectivity index (χ0n) is 20.3. The summed E-state index contributed by atoms with van der Waals surface area (Å²) >= 11 is 0. The summed E-state index contributed by atoms with van der Waals surface area (Å²) in [6.45, 7) is 0. The van der Waals surface area contributed by atoms with Gasteiger partial charge in [0.1, 0.15) is 17.1 Å². The number of halogens is 6. The second-order valence-corrected chi connectivity index (χ2v) is 8.58. The van der Waals surface area contributed by atoms with Crippen LogP contribution in [0.4, 0.5) is 37.7 Å². The fourth-order valence-electron chi connectivity index (χ4n) is 4.02. The van der Waals surface area contributed by atoms with Crippen molar-refractivity contribution < 1.29 is 40.7 Å². The molecule has 0 radical (unpaired) electrons. The van der Waals surface area contributed by atoms with Gasteiger partial charge in [0, 0.05) is 11.8 Å². The second kappa shape index (κ2) is 11.2. The van der Waals surface area contributed by atoms with Crippen molar-refractivity contribution in [3.05, 3.63) is 129 Å². The summed E-state index contributed by atoms with van der Waals surface area (Å²) in [6, 6.07) is 21.5. The van der Waals surface area contributed by atoms with Gasteiger partial charge in [0.2, 0.25) is 0 Å². The Labute approximate surface area is 223 Å². The van der Waals surface area contributed by atoms with E-state index in [4.69, 9.17) is 15.2 Å². The van der Waals surface area contributed by atoms with Crippen LogP contribution in [-0.2, 0) is 12.4 Å². The van der Waals surface area contributed by atoms with Gasteiger partial charge in [-0.3, -0.25) is 10.1 Å². The molecule has 2 unspecified atom stereocenters. The molecular weight excluding hydrogens is 542 g/mol. The molecule has 0 amide bonds. The predicted octanol–water partition coefficient (Wildman–Crippen LogP) is 8.16. The number of nitrogens with two attached hydrogens (primary N) is 1. The third kappa shape index (κ3) is 6.45. The van der Waals surface area contributed by atoms with Crippen LogP contribution in [0.1, 0.15) is 34.5 Å². The number of nitrogen functional groups attached to an aromatic ring is 1. The predicted molar refractivity (Wildman–Crippen MR) is 134 cm³/mol.